The van der Waals surface area contributed by atoms with Gasteiger partial charge in [-0.3, -0.25) is 0 Å². The van der Waals surface area contributed by atoms with E-state index >= 15 is 0 Å². The molecular weight excluding hydrogens is 510 g/mol. The number of hydrogen-bond acceptors (Lipinski definition) is 9. The summed E-state index contributed by atoms with van der Waals surface area (Å²) in [5, 5.41) is 10.2. The molecule has 0 saturated heterocycles. The monoisotopic (exact) mass is 553 g/mol. The average molecular weight is 554 g/mol. The third kappa shape index (κ3) is 8.17. The molecule has 0 saturated carbocycles. The van der Waals surface area contributed by atoms with Crippen LogP contribution in [0.3, 0.4) is 0 Å². The Bertz CT molecular complexity index is 1040. The van der Waals surface area contributed by atoms with Crippen LogP contribution in [-0.4, -0.2) is 80.5 Å². The highest BCUT2D eigenvalue weighted by atomic mass is 16.5. The maximum absolute atomic E-state index is 10.2. The number of aliphatic hydroxyl groups excluding tert-OH is 1. The predicted octanol–water partition coefficient (Wildman–Crippen LogP) is 4.64. The molecular formula is C31H43N3O6. The molecule has 9 nitrogen and oxygen atoms in total. The van der Waals surface area contributed by atoms with Gasteiger partial charge in [0.1, 0.15) is 39.9 Å². The Morgan fingerprint density at radius 2 is 0.800 bits per heavy atom. The second-order valence-electron chi connectivity index (χ2n) is 9.48. The molecule has 1 atom stereocenters. The van der Waals surface area contributed by atoms with E-state index in [0.29, 0.717) is 33.7 Å². The van der Waals surface area contributed by atoms with Crippen molar-refractivity contribution in [2.45, 2.75) is 19.1 Å². The fraction of sp³-hybridized carbons (Fsp3) is 0.419. The molecule has 0 spiro atoms. The van der Waals surface area contributed by atoms with Crippen LogP contribution in [0.2, 0.25) is 0 Å². The van der Waals surface area contributed by atoms with Gasteiger partial charge in [-0.25, -0.2) is 0 Å². The highest BCUT2D eigenvalue weighted by molar-refractivity contribution is 5.56. The molecule has 0 aromatic heterocycles. The van der Waals surface area contributed by atoms with Gasteiger partial charge in [-0.15, -0.1) is 0 Å². The topological polar surface area (TPSA) is 76.1 Å². The number of nitrogens with zero attached hydrogens (tertiary/aromatic N) is 3. The summed E-state index contributed by atoms with van der Waals surface area (Å²) >= 11 is 0. The molecule has 9 heteroatoms. The third-order valence-corrected chi connectivity index (χ3v) is 6.60. The van der Waals surface area contributed by atoms with Crippen molar-refractivity contribution in [3.05, 3.63) is 89.5 Å². The Balaban J connectivity index is 2.01. The molecule has 1 unspecified atom stereocenters. The highest BCUT2D eigenvalue weighted by Gasteiger charge is 2.20. The number of methoxy groups -OCH3 is 5. The number of anilines is 3. The van der Waals surface area contributed by atoms with Crippen LogP contribution >= 0.6 is 0 Å². The van der Waals surface area contributed by atoms with Gasteiger partial charge in [0, 0.05) is 58.5 Å². The quantitative estimate of drug-likeness (QED) is 0.190. The molecule has 1 N–H and O–H groups in total. The summed E-state index contributed by atoms with van der Waals surface area (Å²) in [6, 6.07) is 25.2. The van der Waals surface area contributed by atoms with Crippen LogP contribution in [0.5, 0.6) is 0 Å². The van der Waals surface area contributed by atoms with E-state index < -0.39 is 6.23 Å². The Hall–Kier alpha value is -3.18. The molecule has 0 aliphatic rings. The number of ether oxygens (including phenoxy) is 5. The number of hydrogen-bond donors (Lipinski definition) is 1. The van der Waals surface area contributed by atoms with Gasteiger partial charge in [0.25, 0.3) is 0 Å². The molecule has 0 fully saturated rings. The minimum absolute atomic E-state index is 0.0174. The van der Waals surface area contributed by atoms with Crippen molar-refractivity contribution < 1.29 is 28.8 Å². The van der Waals surface area contributed by atoms with Crippen molar-refractivity contribution >= 4 is 17.1 Å². The zero-order valence-electron chi connectivity index (χ0n) is 24.4. The fourth-order valence-electron chi connectivity index (χ4n) is 4.72. The summed E-state index contributed by atoms with van der Waals surface area (Å²) < 4.78 is 26.7. The Morgan fingerprint density at radius 1 is 0.500 bits per heavy atom. The lowest BCUT2D eigenvalue weighted by Crippen LogP contribution is -2.34. The Morgan fingerprint density at radius 3 is 1.07 bits per heavy atom. The summed E-state index contributed by atoms with van der Waals surface area (Å²) in [6.45, 7) is 3.75. The van der Waals surface area contributed by atoms with E-state index in [-0.39, 0.29) is 5.92 Å². The number of rotatable bonds is 17. The normalized spacial score (nSPS) is 12.0. The van der Waals surface area contributed by atoms with E-state index in [1.54, 1.807) is 47.4 Å². The first-order chi connectivity index (χ1) is 19.5. The van der Waals surface area contributed by atoms with Gasteiger partial charge in [-0.05, 0) is 60.0 Å². The van der Waals surface area contributed by atoms with Gasteiger partial charge in [0.15, 0.2) is 0 Å². The van der Waals surface area contributed by atoms with Crippen LogP contribution in [-0.2, 0) is 23.7 Å². The van der Waals surface area contributed by atoms with Gasteiger partial charge >= 0.3 is 0 Å². The number of aliphatic hydroxyl groups is 1. The van der Waals surface area contributed by atoms with Crippen LogP contribution in [0, 0.1) is 0 Å². The van der Waals surface area contributed by atoms with Gasteiger partial charge in [0.05, 0.1) is 0 Å². The van der Waals surface area contributed by atoms with Gasteiger partial charge in [-0.2, -0.15) is 0 Å². The van der Waals surface area contributed by atoms with Crippen molar-refractivity contribution in [3.8, 4) is 0 Å². The molecule has 218 valence electrons. The molecule has 3 rings (SSSR count). The standard InChI is InChI=1S/C31H43N3O6/c1-24(35)34(23-40-6)30-17-11-27(12-18-30)31(25-7-13-28(14-8-25)32(19-36-2)20-37-3)26-9-15-29(16-10-26)33(21-38-4)22-39-5/h7-18,24,31,35H,19-23H2,1-6H3. The number of benzene rings is 3. The smallest absolute Gasteiger partial charge is 0.125 e. The zero-order valence-corrected chi connectivity index (χ0v) is 24.4. The second-order valence-corrected chi connectivity index (χ2v) is 9.48. The molecule has 0 heterocycles. The van der Waals surface area contributed by atoms with E-state index in [0.717, 1.165) is 33.8 Å². The molecule has 3 aromatic rings. The first kappa shape index (κ1) is 31.3. The summed E-state index contributed by atoms with van der Waals surface area (Å²) in [7, 11) is 8.31. The van der Waals surface area contributed by atoms with Crippen molar-refractivity contribution in [1.82, 2.24) is 0 Å². The van der Waals surface area contributed by atoms with Crippen LogP contribution in [0.4, 0.5) is 17.1 Å². The minimum Gasteiger partial charge on any atom is -0.374 e. The lowest BCUT2D eigenvalue weighted by Gasteiger charge is -2.28. The van der Waals surface area contributed by atoms with Crippen LogP contribution in [0.1, 0.15) is 29.5 Å². The van der Waals surface area contributed by atoms with Gasteiger partial charge < -0.3 is 43.5 Å². The lowest BCUT2D eigenvalue weighted by atomic mass is 9.85. The van der Waals surface area contributed by atoms with Crippen LogP contribution in [0.25, 0.3) is 0 Å². The maximum Gasteiger partial charge on any atom is 0.125 e. The third-order valence-electron chi connectivity index (χ3n) is 6.60. The lowest BCUT2D eigenvalue weighted by molar-refractivity contribution is 0.124. The summed E-state index contributed by atoms with van der Waals surface area (Å²) in [6.07, 6.45) is -0.675. The van der Waals surface area contributed by atoms with E-state index in [1.165, 1.54) is 0 Å². The molecule has 0 bridgehead atoms. The van der Waals surface area contributed by atoms with Crippen molar-refractivity contribution in [2.75, 3.05) is 83.9 Å². The van der Waals surface area contributed by atoms with E-state index in [4.69, 9.17) is 23.7 Å². The summed E-state index contributed by atoms with van der Waals surface area (Å²) in [5.41, 5.74) is 6.33. The molecule has 3 aromatic carbocycles. The maximum atomic E-state index is 10.2. The molecule has 40 heavy (non-hydrogen) atoms. The SMILES string of the molecule is COCN(COC)c1ccc(C(c2ccc(N(COC)COC)cc2)c2ccc(N(COC)C(C)O)cc2)cc1. The first-order valence-electron chi connectivity index (χ1n) is 13.2. The van der Waals surface area contributed by atoms with E-state index in [9.17, 15) is 5.11 Å². The minimum atomic E-state index is -0.675. The van der Waals surface area contributed by atoms with Gasteiger partial charge in [0.2, 0.25) is 0 Å². The fourth-order valence-corrected chi connectivity index (χ4v) is 4.72. The highest BCUT2D eigenvalue weighted by Crippen LogP contribution is 2.35. The van der Waals surface area contributed by atoms with Gasteiger partial charge in [-0.1, -0.05) is 36.4 Å². The Kier molecular flexibility index (Phi) is 12.7. The summed E-state index contributed by atoms with van der Waals surface area (Å²) in [5.74, 6) is -0.0174. The molecule has 0 amide bonds. The average Bonchev–Trinajstić information content (AvgIpc) is 2.97. The molecule has 0 radical (unpaired) electrons. The van der Waals surface area contributed by atoms with Crippen molar-refractivity contribution in [3.63, 3.8) is 0 Å². The van der Waals surface area contributed by atoms with Crippen LogP contribution < -0.4 is 14.7 Å². The zero-order chi connectivity index (χ0) is 28.9. The van der Waals surface area contributed by atoms with Crippen molar-refractivity contribution in [2.24, 2.45) is 0 Å². The second kappa shape index (κ2) is 16.2. The van der Waals surface area contributed by atoms with E-state index in [1.807, 2.05) is 21.9 Å². The largest absolute Gasteiger partial charge is 0.374 e. The Labute approximate surface area is 238 Å². The molecule has 0 aliphatic carbocycles. The first-order valence-corrected chi connectivity index (χ1v) is 13.2. The molecule has 0 aliphatic heterocycles. The predicted molar refractivity (Wildman–Crippen MR) is 159 cm³/mol. The van der Waals surface area contributed by atoms with E-state index in [2.05, 4.69) is 60.7 Å². The summed E-state index contributed by atoms with van der Waals surface area (Å²) in [4.78, 5) is 5.83. The van der Waals surface area contributed by atoms with Crippen molar-refractivity contribution in [1.29, 1.82) is 0 Å². The van der Waals surface area contributed by atoms with Crippen LogP contribution in [0.15, 0.2) is 72.8 Å².